The Balaban J connectivity index is 1.60. The smallest absolute Gasteiger partial charge is 0.325 e. The quantitative estimate of drug-likeness (QED) is 0.551. The topological polar surface area (TPSA) is 118 Å². The highest BCUT2D eigenvalue weighted by atomic mass is 16.5. The number of esters is 1. The average Bonchev–Trinajstić information content (AvgIpc) is 2.90. The van der Waals surface area contributed by atoms with E-state index in [1.807, 2.05) is 51.2 Å². The van der Waals surface area contributed by atoms with E-state index in [2.05, 4.69) is 15.7 Å². The highest BCUT2D eigenvalue weighted by Crippen LogP contribution is 2.25. The number of aryl methyl sites for hydroxylation is 1. The minimum absolute atomic E-state index is 0.0248. The molecule has 38 heavy (non-hydrogen) atoms. The van der Waals surface area contributed by atoms with Gasteiger partial charge in [0.15, 0.2) is 0 Å². The lowest BCUT2D eigenvalue weighted by atomic mass is 9.88. The predicted octanol–water partition coefficient (Wildman–Crippen LogP) is 3.41. The zero-order valence-electron chi connectivity index (χ0n) is 22.7. The molecule has 2 aliphatic rings. The molecule has 2 aliphatic heterocycles. The Morgan fingerprint density at radius 2 is 1.82 bits per heavy atom. The number of cyclic esters (lactones) is 1. The van der Waals surface area contributed by atoms with E-state index in [1.165, 1.54) is 5.01 Å². The fourth-order valence-corrected chi connectivity index (χ4v) is 5.10. The number of ether oxygens (including phenoxy) is 1. The number of hydrazine groups is 1. The third-order valence-corrected chi connectivity index (χ3v) is 7.51. The zero-order valence-corrected chi connectivity index (χ0v) is 22.7. The van der Waals surface area contributed by atoms with Crippen LogP contribution in [0, 0.1) is 11.8 Å². The number of aromatic nitrogens is 1. The number of hydrogen-bond donors (Lipinski definition) is 2. The molecule has 0 saturated carbocycles. The van der Waals surface area contributed by atoms with Gasteiger partial charge in [-0.15, -0.1) is 0 Å². The summed E-state index contributed by atoms with van der Waals surface area (Å²) in [5.74, 6) is -1.63. The third kappa shape index (κ3) is 6.56. The lowest BCUT2D eigenvalue weighted by molar-refractivity contribution is -0.157. The second-order valence-corrected chi connectivity index (χ2v) is 10.9. The number of amides is 2. The van der Waals surface area contributed by atoms with E-state index in [1.54, 1.807) is 6.92 Å². The molecule has 9 heteroatoms. The Labute approximate surface area is 223 Å². The van der Waals surface area contributed by atoms with Crippen molar-refractivity contribution in [2.75, 3.05) is 6.54 Å². The number of ketones is 1. The van der Waals surface area contributed by atoms with Gasteiger partial charge in [-0.1, -0.05) is 26.0 Å². The number of carbonyl (C=O) groups is 4. The molecule has 2 amide bonds. The highest BCUT2D eigenvalue weighted by molar-refractivity contribution is 5.91. The number of benzene rings is 1. The normalized spacial score (nSPS) is 26.4. The molecule has 204 valence electrons. The summed E-state index contributed by atoms with van der Waals surface area (Å²) in [6.07, 6.45) is 4.28. The Hall–Kier alpha value is -3.33. The van der Waals surface area contributed by atoms with Crippen molar-refractivity contribution in [1.82, 2.24) is 20.7 Å². The van der Waals surface area contributed by atoms with Gasteiger partial charge in [0.1, 0.15) is 24.0 Å². The molecule has 2 aromatic rings. The van der Waals surface area contributed by atoms with E-state index < -0.39 is 30.1 Å². The molecule has 0 unspecified atom stereocenters. The molecule has 1 fully saturated rings. The Morgan fingerprint density at radius 1 is 1.03 bits per heavy atom. The first-order valence-electron chi connectivity index (χ1n) is 13.6. The fraction of sp³-hybridized carbons (Fsp3) is 0.552. The summed E-state index contributed by atoms with van der Waals surface area (Å²) in [6.45, 7) is 7.68. The summed E-state index contributed by atoms with van der Waals surface area (Å²) in [7, 11) is 0. The van der Waals surface area contributed by atoms with Crippen molar-refractivity contribution in [3.05, 3.63) is 41.7 Å². The third-order valence-electron chi connectivity index (χ3n) is 7.51. The number of nitrogens with zero attached hydrogens (tertiary/aromatic N) is 2. The monoisotopic (exact) mass is 522 g/mol. The Morgan fingerprint density at radius 3 is 2.58 bits per heavy atom. The molecule has 3 heterocycles. The van der Waals surface area contributed by atoms with E-state index in [-0.39, 0.29) is 29.9 Å². The highest BCUT2D eigenvalue weighted by Gasteiger charge is 2.34. The first-order valence-corrected chi connectivity index (χ1v) is 13.6. The molecule has 1 aromatic heterocycles. The maximum absolute atomic E-state index is 13.1. The van der Waals surface area contributed by atoms with Crippen LogP contribution in [0.5, 0.6) is 0 Å². The van der Waals surface area contributed by atoms with Crippen molar-refractivity contribution in [1.29, 1.82) is 0 Å². The summed E-state index contributed by atoms with van der Waals surface area (Å²) in [5.41, 5.74) is 4.75. The SMILES string of the molecule is CC(C)[C@@H]1CC(=O)CCCc2cc3cc(ccc3cn2)[C@@H](C)OC(=O)[C@@H]2CCCN(N2)C(=O)[C@H](C)NC1=O. The zero-order chi connectivity index (χ0) is 27.4. The van der Waals surface area contributed by atoms with Crippen LogP contribution in [0.3, 0.4) is 0 Å². The van der Waals surface area contributed by atoms with Gasteiger partial charge < -0.3 is 10.1 Å². The molecule has 0 aliphatic carbocycles. The number of rotatable bonds is 1. The molecule has 4 rings (SSSR count). The predicted molar refractivity (Wildman–Crippen MR) is 143 cm³/mol. The molecule has 9 nitrogen and oxygen atoms in total. The van der Waals surface area contributed by atoms with Crippen LogP contribution < -0.4 is 10.7 Å². The lowest BCUT2D eigenvalue weighted by Gasteiger charge is -2.35. The van der Waals surface area contributed by atoms with Crippen LogP contribution in [0.15, 0.2) is 30.5 Å². The van der Waals surface area contributed by atoms with Crippen molar-refractivity contribution < 1.29 is 23.9 Å². The summed E-state index contributed by atoms with van der Waals surface area (Å²) >= 11 is 0. The maximum Gasteiger partial charge on any atom is 0.325 e. The van der Waals surface area contributed by atoms with Crippen molar-refractivity contribution in [2.45, 2.75) is 84.4 Å². The minimum atomic E-state index is -0.807. The Kier molecular flexibility index (Phi) is 8.76. The number of Topliss-reactive ketones (excluding diaryl/α,β-unsaturated/α-hetero) is 1. The summed E-state index contributed by atoms with van der Waals surface area (Å²) in [6, 6.07) is 6.43. The van der Waals surface area contributed by atoms with Gasteiger partial charge in [-0.2, -0.15) is 0 Å². The second-order valence-electron chi connectivity index (χ2n) is 10.9. The van der Waals surface area contributed by atoms with Gasteiger partial charge in [-0.05, 0) is 68.5 Å². The van der Waals surface area contributed by atoms with Crippen LogP contribution in [-0.4, -0.2) is 52.2 Å². The minimum Gasteiger partial charge on any atom is -0.457 e. The van der Waals surface area contributed by atoms with E-state index in [0.29, 0.717) is 38.6 Å². The second kappa shape index (κ2) is 12.0. The van der Waals surface area contributed by atoms with Gasteiger partial charge in [0.05, 0.1) is 0 Å². The van der Waals surface area contributed by atoms with E-state index in [0.717, 1.165) is 22.0 Å². The maximum atomic E-state index is 13.1. The van der Waals surface area contributed by atoms with E-state index in [4.69, 9.17) is 4.74 Å². The molecule has 4 atom stereocenters. The number of pyridine rings is 1. The van der Waals surface area contributed by atoms with Crippen molar-refractivity contribution >= 4 is 34.3 Å². The van der Waals surface area contributed by atoms with Gasteiger partial charge in [-0.25, -0.2) is 5.43 Å². The van der Waals surface area contributed by atoms with Crippen molar-refractivity contribution in [3.8, 4) is 0 Å². The van der Waals surface area contributed by atoms with Crippen LogP contribution in [0.2, 0.25) is 0 Å². The molecular formula is C29H38N4O5. The molecule has 0 spiro atoms. The standard InChI is InChI=1S/C29H38N4O5/c1-17(2)25-15-24(34)8-5-7-23-14-22-13-20(10-11-21(22)16-30-23)19(4)38-29(37)26-9-6-12-33(32-26)28(36)18(3)31-27(25)35/h10-11,13-14,16-19,25-26,32H,5-9,12,15H2,1-4H3,(H,31,35)/t18-,19+,25-,26-/m0/s1. The van der Waals surface area contributed by atoms with Gasteiger partial charge in [0.2, 0.25) is 5.91 Å². The van der Waals surface area contributed by atoms with Crippen LogP contribution in [0.1, 0.15) is 77.2 Å². The Bertz CT molecular complexity index is 1210. The number of fused-ring (bicyclic) bond motifs is 4. The number of hydrogen-bond acceptors (Lipinski definition) is 7. The average molecular weight is 523 g/mol. The van der Waals surface area contributed by atoms with Crippen LogP contribution in [0.25, 0.3) is 10.8 Å². The number of nitrogens with one attached hydrogen (secondary N) is 2. The van der Waals surface area contributed by atoms with Crippen LogP contribution in [0.4, 0.5) is 0 Å². The first-order chi connectivity index (χ1) is 18.1. The van der Waals surface area contributed by atoms with Crippen LogP contribution >= 0.6 is 0 Å². The van der Waals surface area contributed by atoms with Gasteiger partial charge in [-0.3, -0.25) is 29.2 Å². The van der Waals surface area contributed by atoms with Crippen molar-refractivity contribution in [2.24, 2.45) is 11.8 Å². The molecule has 0 radical (unpaired) electrons. The summed E-state index contributed by atoms with van der Waals surface area (Å²) in [5, 5.41) is 6.16. The molecular weight excluding hydrogens is 484 g/mol. The molecule has 5 bridgehead atoms. The lowest BCUT2D eigenvalue weighted by Crippen LogP contribution is -2.59. The van der Waals surface area contributed by atoms with Gasteiger partial charge >= 0.3 is 5.97 Å². The molecule has 2 N–H and O–H groups in total. The summed E-state index contributed by atoms with van der Waals surface area (Å²) in [4.78, 5) is 56.5. The van der Waals surface area contributed by atoms with Crippen molar-refractivity contribution in [3.63, 3.8) is 0 Å². The first kappa shape index (κ1) is 27.7. The van der Waals surface area contributed by atoms with Gasteiger partial charge in [0, 0.05) is 42.6 Å². The summed E-state index contributed by atoms with van der Waals surface area (Å²) < 4.78 is 5.79. The number of carbonyl (C=O) groups excluding carboxylic acids is 4. The van der Waals surface area contributed by atoms with E-state index >= 15 is 0 Å². The fourth-order valence-electron chi connectivity index (χ4n) is 5.10. The van der Waals surface area contributed by atoms with E-state index in [9.17, 15) is 19.2 Å². The largest absolute Gasteiger partial charge is 0.457 e. The molecule has 1 saturated heterocycles. The van der Waals surface area contributed by atoms with Gasteiger partial charge in [0.25, 0.3) is 5.91 Å². The molecule has 1 aromatic carbocycles. The van der Waals surface area contributed by atoms with Crippen LogP contribution in [-0.2, 0) is 30.3 Å².